The molecule has 0 bridgehead atoms. The number of fused-ring (bicyclic) bond motifs is 2. The summed E-state index contributed by atoms with van der Waals surface area (Å²) in [5.74, 6) is 0. The van der Waals surface area contributed by atoms with Gasteiger partial charge in [0.25, 0.3) is 22.2 Å². The van der Waals surface area contributed by atoms with Gasteiger partial charge in [-0.3, -0.25) is 20.2 Å². The highest BCUT2D eigenvalue weighted by Gasteiger charge is 2.18. The second-order valence-corrected chi connectivity index (χ2v) is 6.83. The highest BCUT2D eigenvalue weighted by atomic mass is 32.1. The van der Waals surface area contributed by atoms with Crippen molar-refractivity contribution in [2.45, 2.75) is 0 Å². The molecule has 1 aliphatic heterocycles. The predicted molar refractivity (Wildman–Crippen MR) is 112 cm³/mol. The van der Waals surface area contributed by atoms with Gasteiger partial charge in [0.2, 0.25) is 0 Å². The highest BCUT2D eigenvalue weighted by Crippen LogP contribution is 2.26. The molecule has 0 saturated carbocycles. The molecule has 0 spiro atoms. The molecule has 4 aromatic rings. The monoisotopic (exact) mass is 445 g/mol. The molecule has 1 N–H and O–H groups in total. The standard InChI is InChI=1S/C11H11N3O4.C7H4N2O3S/c15-14(16)8-1-2-10-9(7-8)12-11(18-10)13-3-5-17-6-4-13;10-9(11)4-1-2-6-5(3-4)8-7(13)12-6/h1-2,7H,3-6H2;1-3H,(H,8,13). The fourth-order valence-corrected chi connectivity index (χ4v) is 3.16. The van der Waals surface area contributed by atoms with E-state index in [9.17, 15) is 20.2 Å². The van der Waals surface area contributed by atoms with Crippen LogP contribution >= 0.6 is 12.2 Å². The smallest absolute Gasteiger partial charge is 0.298 e. The molecule has 13 heteroatoms. The lowest BCUT2D eigenvalue weighted by Crippen LogP contribution is -2.36. The highest BCUT2D eigenvalue weighted by molar-refractivity contribution is 7.71. The zero-order chi connectivity index (χ0) is 22.0. The second kappa shape index (κ2) is 8.49. The van der Waals surface area contributed by atoms with Crippen LogP contribution in [0, 0.1) is 25.1 Å². The van der Waals surface area contributed by atoms with Crippen LogP contribution in [0.15, 0.2) is 45.2 Å². The number of nitro benzene ring substituents is 2. The number of aromatic amines is 1. The number of morpholine rings is 1. The van der Waals surface area contributed by atoms with Crippen LogP contribution in [-0.4, -0.2) is 46.1 Å². The first-order valence-electron chi connectivity index (χ1n) is 9.05. The number of anilines is 1. The van der Waals surface area contributed by atoms with Crippen LogP contribution in [0.1, 0.15) is 0 Å². The molecule has 1 fully saturated rings. The summed E-state index contributed by atoms with van der Waals surface area (Å²) in [6.07, 6.45) is 0. The molecule has 0 unspecified atom stereocenters. The number of ether oxygens (including phenoxy) is 1. The first kappa shape index (κ1) is 20.4. The number of rotatable bonds is 3. The Labute approximate surface area is 178 Å². The normalized spacial score (nSPS) is 13.7. The van der Waals surface area contributed by atoms with Crippen molar-refractivity contribution < 1.29 is 23.4 Å². The van der Waals surface area contributed by atoms with Gasteiger partial charge in [-0.1, -0.05) is 0 Å². The summed E-state index contributed by atoms with van der Waals surface area (Å²) in [7, 11) is 0. The molecule has 5 rings (SSSR count). The quantitative estimate of drug-likeness (QED) is 0.278. The fraction of sp³-hybridized carbons (Fsp3) is 0.222. The molecule has 0 amide bonds. The number of H-pyrrole nitrogens is 1. The Morgan fingerprint density at radius 3 is 2.29 bits per heavy atom. The lowest BCUT2D eigenvalue weighted by molar-refractivity contribution is -0.384. The average molecular weight is 445 g/mol. The van der Waals surface area contributed by atoms with Gasteiger partial charge in [0.15, 0.2) is 11.2 Å². The molecule has 2 aromatic heterocycles. The van der Waals surface area contributed by atoms with E-state index in [2.05, 4.69) is 9.97 Å². The van der Waals surface area contributed by atoms with E-state index in [0.29, 0.717) is 41.4 Å². The lowest BCUT2D eigenvalue weighted by Gasteiger charge is -2.24. The molecule has 0 aliphatic carbocycles. The summed E-state index contributed by atoms with van der Waals surface area (Å²) in [6, 6.07) is 9.17. The van der Waals surface area contributed by atoms with Gasteiger partial charge in [-0.2, -0.15) is 4.98 Å². The maximum Gasteiger partial charge on any atom is 0.298 e. The number of nitrogens with one attached hydrogen (secondary N) is 1. The van der Waals surface area contributed by atoms with Gasteiger partial charge in [-0.25, -0.2) is 0 Å². The number of hydrogen-bond donors (Lipinski definition) is 1. The van der Waals surface area contributed by atoms with Gasteiger partial charge in [-0.05, 0) is 24.4 Å². The minimum Gasteiger partial charge on any atom is -0.429 e. The third kappa shape index (κ3) is 4.51. The molecular weight excluding hydrogens is 430 g/mol. The fourth-order valence-electron chi connectivity index (χ4n) is 2.96. The Balaban J connectivity index is 0.000000158. The molecule has 0 atom stereocenters. The molecule has 160 valence electrons. The van der Waals surface area contributed by atoms with Crippen LogP contribution in [0.4, 0.5) is 17.4 Å². The van der Waals surface area contributed by atoms with E-state index in [-0.39, 0.29) is 16.2 Å². The SMILES string of the molecule is O=[N+]([O-])c1ccc2oc(=S)[nH]c2c1.O=[N+]([O-])c1ccc2oc(N3CCOCC3)nc2c1. The number of nitro groups is 2. The van der Waals surface area contributed by atoms with Crippen molar-refractivity contribution in [2.75, 3.05) is 31.2 Å². The van der Waals surface area contributed by atoms with Crippen LogP contribution in [0.25, 0.3) is 22.2 Å². The number of non-ortho nitro benzene ring substituents is 2. The summed E-state index contributed by atoms with van der Waals surface area (Å²) in [6.45, 7) is 2.71. The van der Waals surface area contributed by atoms with Crippen LogP contribution in [0.2, 0.25) is 0 Å². The van der Waals surface area contributed by atoms with E-state index < -0.39 is 9.85 Å². The molecule has 2 aromatic carbocycles. The van der Waals surface area contributed by atoms with Gasteiger partial charge in [0.05, 0.1) is 28.6 Å². The third-order valence-corrected chi connectivity index (χ3v) is 4.65. The van der Waals surface area contributed by atoms with E-state index >= 15 is 0 Å². The molecule has 12 nitrogen and oxygen atoms in total. The molecule has 0 radical (unpaired) electrons. The predicted octanol–water partition coefficient (Wildman–Crippen LogP) is 3.97. The van der Waals surface area contributed by atoms with Crippen LogP contribution in [0.3, 0.4) is 0 Å². The lowest BCUT2D eigenvalue weighted by atomic mass is 10.3. The van der Waals surface area contributed by atoms with Crippen molar-refractivity contribution in [2.24, 2.45) is 0 Å². The van der Waals surface area contributed by atoms with Crippen molar-refractivity contribution in [1.82, 2.24) is 9.97 Å². The number of hydrogen-bond acceptors (Lipinski definition) is 10. The summed E-state index contributed by atoms with van der Waals surface area (Å²) in [5.41, 5.74) is 2.16. The topological polar surface area (TPSA) is 154 Å². The second-order valence-electron chi connectivity index (χ2n) is 6.46. The minimum atomic E-state index is -0.469. The molecule has 31 heavy (non-hydrogen) atoms. The van der Waals surface area contributed by atoms with Gasteiger partial charge >= 0.3 is 0 Å². The minimum absolute atomic E-state index is 0.0135. The van der Waals surface area contributed by atoms with Crippen LogP contribution < -0.4 is 4.90 Å². The van der Waals surface area contributed by atoms with Gasteiger partial charge < -0.3 is 23.5 Å². The molecular formula is C18H15N5O7S. The van der Waals surface area contributed by atoms with E-state index in [1.165, 1.54) is 30.3 Å². The van der Waals surface area contributed by atoms with Crippen molar-refractivity contribution in [3.8, 4) is 0 Å². The Bertz CT molecular complexity index is 1320. The molecule has 1 saturated heterocycles. The van der Waals surface area contributed by atoms with Crippen LogP contribution in [0.5, 0.6) is 0 Å². The Kier molecular flexibility index (Phi) is 5.60. The van der Waals surface area contributed by atoms with E-state index in [0.717, 1.165) is 13.1 Å². The summed E-state index contributed by atoms with van der Waals surface area (Å²) < 4.78 is 15.9. The number of benzene rings is 2. The van der Waals surface area contributed by atoms with E-state index in [1.54, 1.807) is 6.07 Å². The van der Waals surface area contributed by atoms with Crippen molar-refractivity contribution in [3.05, 3.63) is 61.5 Å². The summed E-state index contributed by atoms with van der Waals surface area (Å²) >= 11 is 4.73. The maximum absolute atomic E-state index is 10.7. The van der Waals surface area contributed by atoms with Crippen molar-refractivity contribution in [1.29, 1.82) is 0 Å². The first-order valence-corrected chi connectivity index (χ1v) is 9.46. The number of aromatic nitrogens is 2. The van der Waals surface area contributed by atoms with Crippen molar-refractivity contribution in [3.63, 3.8) is 0 Å². The van der Waals surface area contributed by atoms with E-state index in [4.69, 9.17) is 25.8 Å². The first-order chi connectivity index (χ1) is 14.9. The molecule has 3 heterocycles. The zero-order valence-electron chi connectivity index (χ0n) is 15.8. The van der Waals surface area contributed by atoms with Gasteiger partial charge in [0, 0.05) is 37.4 Å². The zero-order valence-corrected chi connectivity index (χ0v) is 16.7. The Morgan fingerprint density at radius 1 is 0.968 bits per heavy atom. The Hall–Kier alpha value is -3.84. The van der Waals surface area contributed by atoms with Crippen LogP contribution in [-0.2, 0) is 4.74 Å². The average Bonchev–Trinajstić information content (AvgIpc) is 3.35. The number of nitrogens with zero attached hydrogens (tertiary/aromatic N) is 4. The number of oxazole rings is 2. The van der Waals surface area contributed by atoms with Crippen molar-refractivity contribution >= 4 is 51.8 Å². The third-order valence-electron chi connectivity index (χ3n) is 4.47. The maximum atomic E-state index is 10.7. The largest absolute Gasteiger partial charge is 0.429 e. The van der Waals surface area contributed by atoms with Gasteiger partial charge in [0.1, 0.15) is 5.52 Å². The van der Waals surface area contributed by atoms with Gasteiger partial charge in [-0.15, -0.1) is 0 Å². The Morgan fingerprint density at radius 2 is 1.61 bits per heavy atom. The van der Waals surface area contributed by atoms with E-state index in [1.807, 2.05) is 4.90 Å². The molecule has 1 aliphatic rings. The summed E-state index contributed by atoms with van der Waals surface area (Å²) in [4.78, 5) is 29.3. The summed E-state index contributed by atoms with van der Waals surface area (Å²) in [5, 5.41) is 21.1.